The van der Waals surface area contributed by atoms with E-state index in [-0.39, 0.29) is 11.5 Å². The van der Waals surface area contributed by atoms with Crippen LogP contribution < -0.4 is 11.1 Å². The number of fused-ring (bicyclic) bond motifs is 8. The van der Waals surface area contributed by atoms with Gasteiger partial charge in [0, 0.05) is 17.6 Å². The van der Waals surface area contributed by atoms with E-state index in [0.717, 1.165) is 54.3 Å². The SMILES string of the molecule is C=C1CC[C@@H]2[C@H]([C@@H]3[C@H]4CC[C@H]5CCC[C@@H]5[C@H]4C[C@H]13)[C@]2([C@@H](N)C=O)[C@H]1C=C[C@@H]2C[C@H](CNc3ccccc3)C[C@@H]2C1. The minimum absolute atomic E-state index is 0.00533. The van der Waals surface area contributed by atoms with Crippen molar-refractivity contribution in [1.29, 1.82) is 0 Å². The lowest BCUT2D eigenvalue weighted by atomic mass is 9.64. The molecular weight excluding hydrogens is 488 g/mol. The normalized spacial score (nSPS) is 49.2. The van der Waals surface area contributed by atoms with Crippen LogP contribution in [0, 0.1) is 76.4 Å². The Morgan fingerprint density at radius 2 is 1.82 bits per heavy atom. The van der Waals surface area contributed by atoms with Gasteiger partial charge in [0.05, 0.1) is 6.04 Å². The maximum Gasteiger partial charge on any atom is 0.137 e. The second kappa shape index (κ2) is 9.85. The average molecular weight is 539 g/mol. The van der Waals surface area contributed by atoms with Crippen LogP contribution in [0.1, 0.15) is 70.6 Å². The van der Waals surface area contributed by atoms with Crippen LogP contribution >= 0.6 is 0 Å². The Hall–Kier alpha value is -1.87. The lowest BCUT2D eigenvalue weighted by Gasteiger charge is -2.41. The molecule has 7 aliphatic carbocycles. The molecule has 0 radical (unpaired) electrons. The van der Waals surface area contributed by atoms with Crippen LogP contribution in [0.15, 0.2) is 54.6 Å². The number of benzene rings is 1. The Morgan fingerprint density at radius 3 is 2.67 bits per heavy atom. The maximum atomic E-state index is 12.6. The van der Waals surface area contributed by atoms with Crippen molar-refractivity contribution in [1.82, 2.24) is 0 Å². The second-order valence-corrected chi connectivity index (χ2v) is 15.4. The number of nitrogens with one attached hydrogen (secondary N) is 1. The zero-order chi connectivity index (χ0) is 27.0. The first-order valence-electron chi connectivity index (χ1n) is 16.9. The van der Waals surface area contributed by atoms with Gasteiger partial charge < -0.3 is 15.8 Å². The number of aldehydes is 1. The molecule has 0 spiro atoms. The van der Waals surface area contributed by atoms with Crippen molar-refractivity contribution in [2.24, 2.45) is 82.2 Å². The zero-order valence-corrected chi connectivity index (χ0v) is 24.3. The molecule has 0 aliphatic heterocycles. The standard InChI is InChI=1S/C37H50N2O/c1-22-10-15-33-36(35-30-14-12-24-6-5-9-29(24)32(30)19-31(22)35)37(33,34(38)21-40)27-13-11-25-16-23(17-26(25)18-27)20-39-28-7-3-2-4-8-28/h2-4,7-8,11,13,21,23-27,29-36,39H,1,5-6,9-10,12,14-20,38H2/t23-,24+,25+,26+,27-,29-,30-,31+,32+,33+,34-,35+,36+,37+/m0/s1. The molecule has 6 saturated carbocycles. The smallest absolute Gasteiger partial charge is 0.137 e. The van der Waals surface area contributed by atoms with Gasteiger partial charge in [-0.05, 0) is 141 Å². The number of rotatable bonds is 6. The highest BCUT2D eigenvalue weighted by atomic mass is 16.1. The third kappa shape index (κ3) is 3.81. The lowest BCUT2D eigenvalue weighted by molar-refractivity contribution is -0.111. The van der Waals surface area contributed by atoms with Crippen molar-refractivity contribution in [3.8, 4) is 0 Å². The van der Waals surface area contributed by atoms with E-state index in [4.69, 9.17) is 12.3 Å². The topological polar surface area (TPSA) is 55.1 Å². The number of carbonyl (C=O) groups excluding carboxylic acids is 1. The summed E-state index contributed by atoms with van der Waals surface area (Å²) < 4.78 is 0. The predicted octanol–water partition coefficient (Wildman–Crippen LogP) is 7.50. The number of anilines is 1. The molecular formula is C37H50N2O. The van der Waals surface area contributed by atoms with Gasteiger partial charge in [-0.15, -0.1) is 0 Å². The molecule has 40 heavy (non-hydrogen) atoms. The van der Waals surface area contributed by atoms with Crippen molar-refractivity contribution in [3.05, 3.63) is 54.6 Å². The molecule has 0 unspecified atom stereocenters. The van der Waals surface area contributed by atoms with Crippen molar-refractivity contribution in [2.45, 2.75) is 76.7 Å². The highest BCUT2D eigenvalue weighted by Gasteiger charge is 2.75. The summed E-state index contributed by atoms with van der Waals surface area (Å²) in [6, 6.07) is 10.3. The Morgan fingerprint density at radius 1 is 0.950 bits per heavy atom. The predicted molar refractivity (Wildman–Crippen MR) is 162 cm³/mol. The molecule has 3 N–H and O–H groups in total. The molecule has 14 atom stereocenters. The van der Waals surface area contributed by atoms with Crippen molar-refractivity contribution in [2.75, 3.05) is 11.9 Å². The van der Waals surface area contributed by atoms with Gasteiger partial charge in [-0.2, -0.15) is 0 Å². The Kier molecular flexibility index (Phi) is 6.36. The first-order chi connectivity index (χ1) is 19.6. The molecule has 0 aromatic heterocycles. The molecule has 0 bridgehead atoms. The average Bonchev–Trinajstić information content (AvgIpc) is 3.35. The minimum Gasteiger partial charge on any atom is -0.385 e. The number of allylic oxidation sites excluding steroid dienone is 3. The van der Waals surface area contributed by atoms with E-state index in [0.29, 0.717) is 29.6 Å². The summed E-state index contributed by atoms with van der Waals surface area (Å²) in [6.07, 6.45) is 21.2. The highest BCUT2D eigenvalue weighted by Crippen LogP contribution is 2.78. The number of para-hydroxylation sites is 1. The Bertz CT molecular complexity index is 1160. The lowest BCUT2D eigenvalue weighted by Crippen LogP contribution is -2.44. The fourth-order valence-electron chi connectivity index (χ4n) is 12.7. The molecule has 1 aromatic carbocycles. The molecule has 0 saturated heterocycles. The summed E-state index contributed by atoms with van der Waals surface area (Å²) in [5.41, 5.74) is 9.75. The van der Waals surface area contributed by atoms with E-state index < -0.39 is 0 Å². The van der Waals surface area contributed by atoms with Gasteiger partial charge in [0.2, 0.25) is 0 Å². The highest BCUT2D eigenvalue weighted by molar-refractivity contribution is 5.61. The molecule has 214 valence electrons. The maximum absolute atomic E-state index is 12.6. The van der Waals surface area contributed by atoms with Crippen LogP contribution in [0.3, 0.4) is 0 Å². The van der Waals surface area contributed by atoms with Crippen LogP contribution in [0.4, 0.5) is 5.69 Å². The quantitative estimate of drug-likeness (QED) is 0.291. The third-order valence-electron chi connectivity index (χ3n) is 14.2. The van der Waals surface area contributed by atoms with Gasteiger partial charge in [0.1, 0.15) is 6.29 Å². The van der Waals surface area contributed by atoms with Crippen molar-refractivity contribution in [3.63, 3.8) is 0 Å². The molecule has 6 fully saturated rings. The summed E-state index contributed by atoms with van der Waals surface area (Å²) >= 11 is 0. The number of carbonyl (C=O) groups is 1. The van der Waals surface area contributed by atoms with Crippen LogP contribution in [-0.2, 0) is 4.79 Å². The number of hydrogen-bond acceptors (Lipinski definition) is 3. The number of hydrogen-bond donors (Lipinski definition) is 2. The molecule has 3 heteroatoms. The van der Waals surface area contributed by atoms with Crippen molar-refractivity contribution < 1.29 is 4.79 Å². The molecule has 1 aromatic rings. The monoisotopic (exact) mass is 538 g/mol. The van der Waals surface area contributed by atoms with Gasteiger partial charge in [0.15, 0.2) is 0 Å². The van der Waals surface area contributed by atoms with Crippen molar-refractivity contribution >= 4 is 12.0 Å². The van der Waals surface area contributed by atoms with E-state index >= 15 is 0 Å². The van der Waals surface area contributed by atoms with Gasteiger partial charge in [-0.25, -0.2) is 0 Å². The first kappa shape index (κ1) is 25.8. The van der Waals surface area contributed by atoms with E-state index in [9.17, 15) is 4.79 Å². The van der Waals surface area contributed by atoms with Crippen LogP contribution in [0.2, 0.25) is 0 Å². The second-order valence-electron chi connectivity index (χ2n) is 15.4. The van der Waals surface area contributed by atoms with Crippen LogP contribution in [0.5, 0.6) is 0 Å². The Labute approximate surface area is 241 Å². The minimum atomic E-state index is -0.320. The Balaban J connectivity index is 1.04. The molecule has 3 nitrogen and oxygen atoms in total. The van der Waals surface area contributed by atoms with Crippen LogP contribution in [0.25, 0.3) is 0 Å². The van der Waals surface area contributed by atoms with Crippen LogP contribution in [-0.4, -0.2) is 18.9 Å². The fraction of sp³-hybridized carbons (Fsp3) is 0.703. The zero-order valence-electron chi connectivity index (χ0n) is 24.3. The van der Waals surface area contributed by atoms with Gasteiger partial charge in [0.25, 0.3) is 0 Å². The van der Waals surface area contributed by atoms with Gasteiger partial charge in [-0.1, -0.05) is 55.3 Å². The summed E-state index contributed by atoms with van der Waals surface area (Å²) in [4.78, 5) is 12.6. The summed E-state index contributed by atoms with van der Waals surface area (Å²) in [5.74, 6) is 9.05. The molecule has 7 aliphatic rings. The number of nitrogens with two attached hydrogens (primary N) is 1. The van der Waals surface area contributed by atoms with Gasteiger partial charge in [-0.3, -0.25) is 0 Å². The summed E-state index contributed by atoms with van der Waals surface area (Å²) in [6.45, 7) is 5.78. The largest absolute Gasteiger partial charge is 0.385 e. The molecule has 0 heterocycles. The van der Waals surface area contributed by atoms with E-state index in [1.54, 1.807) is 5.57 Å². The first-order valence-corrected chi connectivity index (χ1v) is 16.9. The van der Waals surface area contributed by atoms with E-state index in [2.05, 4.69) is 47.8 Å². The van der Waals surface area contributed by atoms with E-state index in [1.807, 2.05) is 0 Å². The van der Waals surface area contributed by atoms with E-state index in [1.165, 1.54) is 76.3 Å². The van der Waals surface area contributed by atoms with Gasteiger partial charge >= 0.3 is 0 Å². The molecule has 8 rings (SSSR count). The fourth-order valence-corrected chi connectivity index (χ4v) is 12.7. The summed E-state index contributed by atoms with van der Waals surface area (Å²) in [5, 5.41) is 3.70. The molecule has 0 amide bonds. The summed E-state index contributed by atoms with van der Waals surface area (Å²) in [7, 11) is 0. The third-order valence-corrected chi connectivity index (χ3v) is 14.2.